The molecule has 4 nitrogen and oxygen atoms in total. The lowest BCUT2D eigenvalue weighted by Crippen LogP contribution is -2.32. The first-order valence-electron chi connectivity index (χ1n) is 5.70. The fraction of sp³-hybridized carbons (Fsp3) is 0.800. The number of nitrogens with zero attached hydrogens (tertiary/aromatic N) is 2. The van der Waals surface area contributed by atoms with E-state index in [1.165, 1.54) is 25.7 Å². The fourth-order valence-corrected chi connectivity index (χ4v) is 2.24. The molecule has 2 rings (SSSR count). The zero-order valence-corrected chi connectivity index (χ0v) is 11.2. The Labute approximate surface area is 108 Å². The minimum atomic E-state index is 0.558. The van der Waals surface area contributed by atoms with Crippen molar-refractivity contribution < 1.29 is 0 Å². The van der Waals surface area contributed by atoms with Crippen LogP contribution in [0.15, 0.2) is 0 Å². The van der Waals surface area contributed by atoms with Crippen molar-refractivity contribution in [1.82, 2.24) is 9.80 Å². The van der Waals surface area contributed by atoms with Crippen molar-refractivity contribution in [2.24, 2.45) is 11.5 Å². The number of rotatable bonds is 0. The predicted octanol–water partition coefficient (Wildman–Crippen LogP) is 0.652. The van der Waals surface area contributed by atoms with Gasteiger partial charge in [0, 0.05) is 26.2 Å². The maximum atomic E-state index is 5.36. The van der Waals surface area contributed by atoms with Crippen molar-refractivity contribution in [3.8, 4) is 0 Å². The minimum Gasteiger partial charge on any atom is -0.376 e. The zero-order chi connectivity index (χ0) is 12.0. The van der Waals surface area contributed by atoms with E-state index in [-0.39, 0.29) is 0 Å². The Morgan fingerprint density at radius 1 is 0.688 bits per heavy atom. The molecule has 2 heterocycles. The summed E-state index contributed by atoms with van der Waals surface area (Å²) in [4.78, 5) is 4.07. The molecule has 2 saturated heterocycles. The summed E-state index contributed by atoms with van der Waals surface area (Å²) in [5.74, 6) is 0. The van der Waals surface area contributed by atoms with Crippen LogP contribution in [-0.2, 0) is 0 Å². The largest absolute Gasteiger partial charge is 0.376 e. The minimum absolute atomic E-state index is 0.558. The molecule has 6 heteroatoms. The predicted molar refractivity (Wildman–Crippen MR) is 75.2 cm³/mol. The van der Waals surface area contributed by atoms with Gasteiger partial charge >= 0.3 is 0 Å². The van der Waals surface area contributed by atoms with Crippen LogP contribution in [0.5, 0.6) is 0 Å². The Morgan fingerprint density at radius 3 is 1.06 bits per heavy atom. The van der Waals surface area contributed by atoms with E-state index in [1.54, 1.807) is 0 Å². The number of likely N-dealkylation sites (tertiary alicyclic amines) is 2. The van der Waals surface area contributed by atoms with Crippen LogP contribution >= 0.6 is 24.4 Å². The van der Waals surface area contributed by atoms with Crippen LogP contribution in [-0.4, -0.2) is 46.2 Å². The van der Waals surface area contributed by atoms with E-state index < -0.39 is 0 Å². The van der Waals surface area contributed by atoms with Gasteiger partial charge in [0.05, 0.1) is 0 Å². The van der Waals surface area contributed by atoms with E-state index in [4.69, 9.17) is 35.9 Å². The third-order valence-corrected chi connectivity index (χ3v) is 3.35. The summed E-state index contributed by atoms with van der Waals surface area (Å²) < 4.78 is 0. The molecule has 2 aliphatic heterocycles. The van der Waals surface area contributed by atoms with E-state index in [1.807, 2.05) is 9.80 Å². The summed E-state index contributed by atoms with van der Waals surface area (Å²) in [6.07, 6.45) is 4.99. The van der Waals surface area contributed by atoms with E-state index in [9.17, 15) is 0 Å². The Kier molecular flexibility index (Phi) is 5.76. The molecule has 0 bridgehead atoms. The second kappa shape index (κ2) is 6.85. The smallest absolute Gasteiger partial charge is 0.166 e. The molecule has 0 atom stereocenters. The monoisotopic (exact) mass is 260 g/mol. The highest BCUT2D eigenvalue weighted by molar-refractivity contribution is 7.80. The molecule has 2 fully saturated rings. The van der Waals surface area contributed by atoms with Gasteiger partial charge in [-0.05, 0) is 50.1 Å². The molecular weight excluding hydrogens is 240 g/mol. The maximum absolute atomic E-state index is 5.36. The van der Waals surface area contributed by atoms with Gasteiger partial charge in [-0.1, -0.05) is 0 Å². The van der Waals surface area contributed by atoms with Crippen molar-refractivity contribution >= 4 is 34.7 Å². The van der Waals surface area contributed by atoms with Crippen LogP contribution in [0.25, 0.3) is 0 Å². The first-order chi connectivity index (χ1) is 7.61. The summed E-state index contributed by atoms with van der Waals surface area (Å²) in [7, 11) is 0. The number of thiocarbonyl (C=S) groups is 2. The Balaban J connectivity index is 0.000000160. The van der Waals surface area contributed by atoms with Gasteiger partial charge in [-0.3, -0.25) is 0 Å². The number of hydrogen-bond acceptors (Lipinski definition) is 2. The lowest BCUT2D eigenvalue weighted by molar-refractivity contribution is 0.524. The SMILES string of the molecule is NC(=S)N1CCCC1.NC(=S)N1CCCC1. The molecule has 4 N–H and O–H groups in total. The maximum Gasteiger partial charge on any atom is 0.166 e. The van der Waals surface area contributed by atoms with Gasteiger partial charge in [-0.25, -0.2) is 0 Å². The lowest BCUT2D eigenvalue weighted by atomic mass is 10.4. The summed E-state index contributed by atoms with van der Waals surface area (Å²) in [5, 5.41) is 1.12. The van der Waals surface area contributed by atoms with E-state index in [2.05, 4.69) is 0 Å². The molecule has 2 aliphatic rings. The van der Waals surface area contributed by atoms with Crippen LogP contribution in [0.2, 0.25) is 0 Å². The molecule has 0 amide bonds. The molecular formula is C10H20N4S2. The third-order valence-electron chi connectivity index (χ3n) is 2.84. The Morgan fingerprint density at radius 2 is 0.938 bits per heavy atom. The summed E-state index contributed by atoms with van der Waals surface area (Å²) >= 11 is 9.52. The first kappa shape index (κ1) is 13.4. The van der Waals surface area contributed by atoms with Crippen LogP contribution in [0, 0.1) is 0 Å². The van der Waals surface area contributed by atoms with Gasteiger partial charge in [0.2, 0.25) is 0 Å². The van der Waals surface area contributed by atoms with Crippen molar-refractivity contribution in [1.29, 1.82) is 0 Å². The Bertz CT molecular complexity index is 219. The zero-order valence-electron chi connectivity index (χ0n) is 9.52. The van der Waals surface area contributed by atoms with Crippen LogP contribution in [0.1, 0.15) is 25.7 Å². The molecule has 0 radical (unpaired) electrons. The highest BCUT2D eigenvalue weighted by Crippen LogP contribution is 2.06. The highest BCUT2D eigenvalue weighted by atomic mass is 32.1. The van der Waals surface area contributed by atoms with Crippen LogP contribution in [0.3, 0.4) is 0 Å². The van der Waals surface area contributed by atoms with Crippen molar-refractivity contribution in [3.63, 3.8) is 0 Å². The number of hydrogen-bond donors (Lipinski definition) is 2. The summed E-state index contributed by atoms with van der Waals surface area (Å²) in [6, 6.07) is 0. The molecule has 0 unspecified atom stereocenters. The first-order valence-corrected chi connectivity index (χ1v) is 6.51. The Hall–Kier alpha value is -0.620. The van der Waals surface area contributed by atoms with Gasteiger partial charge in [-0.15, -0.1) is 0 Å². The fourth-order valence-electron chi connectivity index (χ4n) is 1.88. The van der Waals surface area contributed by atoms with Gasteiger partial charge < -0.3 is 21.3 Å². The molecule has 0 saturated carbocycles. The standard InChI is InChI=1S/2C5H10N2S/c2*6-5(8)7-3-1-2-4-7/h2*1-4H2,(H2,6,8). The molecule has 16 heavy (non-hydrogen) atoms. The van der Waals surface area contributed by atoms with Crippen LogP contribution in [0.4, 0.5) is 0 Å². The van der Waals surface area contributed by atoms with E-state index in [0.29, 0.717) is 10.2 Å². The van der Waals surface area contributed by atoms with E-state index >= 15 is 0 Å². The molecule has 0 aliphatic carbocycles. The van der Waals surface area contributed by atoms with Crippen molar-refractivity contribution in [3.05, 3.63) is 0 Å². The average molecular weight is 260 g/mol. The second-order valence-electron chi connectivity index (χ2n) is 4.06. The average Bonchev–Trinajstić information content (AvgIpc) is 2.93. The lowest BCUT2D eigenvalue weighted by Gasteiger charge is -2.12. The van der Waals surface area contributed by atoms with Gasteiger partial charge in [-0.2, -0.15) is 0 Å². The van der Waals surface area contributed by atoms with Crippen molar-refractivity contribution in [2.45, 2.75) is 25.7 Å². The third kappa shape index (κ3) is 4.49. The highest BCUT2D eigenvalue weighted by Gasteiger charge is 2.11. The summed E-state index contributed by atoms with van der Waals surface area (Å²) in [5.41, 5.74) is 10.7. The van der Waals surface area contributed by atoms with E-state index in [0.717, 1.165) is 26.2 Å². The van der Waals surface area contributed by atoms with Gasteiger partial charge in [0.25, 0.3) is 0 Å². The van der Waals surface area contributed by atoms with Gasteiger partial charge in [0.15, 0.2) is 10.2 Å². The molecule has 0 aromatic carbocycles. The molecule has 0 aromatic heterocycles. The molecule has 92 valence electrons. The van der Waals surface area contributed by atoms with Crippen molar-refractivity contribution in [2.75, 3.05) is 26.2 Å². The second-order valence-corrected chi connectivity index (χ2v) is 4.90. The topological polar surface area (TPSA) is 58.5 Å². The quantitative estimate of drug-likeness (QED) is 0.624. The van der Waals surface area contributed by atoms with Crippen LogP contribution < -0.4 is 11.5 Å². The van der Waals surface area contributed by atoms with Gasteiger partial charge in [0.1, 0.15) is 0 Å². The summed E-state index contributed by atoms with van der Waals surface area (Å²) in [6.45, 7) is 4.26. The number of nitrogens with two attached hydrogens (primary N) is 2. The molecule has 0 spiro atoms. The normalized spacial score (nSPS) is 19.2. The molecule has 0 aromatic rings.